The van der Waals surface area contributed by atoms with E-state index in [1.165, 1.54) is 29.5 Å². The van der Waals surface area contributed by atoms with Gasteiger partial charge in [0.05, 0.1) is 10.6 Å². The summed E-state index contributed by atoms with van der Waals surface area (Å²) in [5.41, 5.74) is 1.92. The van der Waals surface area contributed by atoms with E-state index in [1.54, 1.807) is 16.6 Å². The predicted molar refractivity (Wildman–Crippen MR) is 94.7 cm³/mol. The minimum atomic E-state index is -0.449. The van der Waals surface area contributed by atoms with Crippen LogP contribution in [0.4, 0.5) is 5.69 Å². The predicted octanol–water partition coefficient (Wildman–Crippen LogP) is 3.39. The van der Waals surface area contributed by atoms with Crippen LogP contribution in [0, 0.1) is 10.1 Å². The van der Waals surface area contributed by atoms with Gasteiger partial charge in [-0.2, -0.15) is 10.1 Å². The molecule has 7 nitrogen and oxygen atoms in total. The van der Waals surface area contributed by atoms with Gasteiger partial charge in [-0.15, -0.1) is 0 Å². The Morgan fingerprint density at radius 1 is 1.00 bits per heavy atom. The van der Waals surface area contributed by atoms with Gasteiger partial charge in [-0.05, 0) is 12.1 Å². The van der Waals surface area contributed by atoms with E-state index in [0.717, 1.165) is 11.1 Å². The maximum Gasteiger partial charge on any atom is 0.274 e. The Morgan fingerprint density at radius 2 is 1.72 bits per heavy atom. The van der Waals surface area contributed by atoms with Crippen molar-refractivity contribution in [3.05, 3.63) is 81.1 Å². The molecule has 0 unspecified atom stereocenters. The molecular formula is C17H10N4O3S. The summed E-state index contributed by atoms with van der Waals surface area (Å²) in [6.45, 7) is 0. The number of nitro benzene ring substituents is 1. The molecule has 4 aromatic rings. The van der Waals surface area contributed by atoms with Crippen molar-refractivity contribution in [3.63, 3.8) is 0 Å². The standard InChI is InChI=1S/C17H10N4O3S/c22-15-10-14(11-4-2-1-3-5-11)20-17(18-15)25-16(19-20)12-6-8-13(9-7-12)21(23)24/h1-10H. The molecule has 0 aliphatic carbocycles. The van der Waals surface area contributed by atoms with Gasteiger partial charge in [-0.25, -0.2) is 4.52 Å². The number of rotatable bonds is 3. The zero-order valence-electron chi connectivity index (χ0n) is 12.7. The molecule has 2 aromatic heterocycles. The molecule has 0 aliphatic rings. The maximum absolute atomic E-state index is 11.9. The smallest absolute Gasteiger partial charge is 0.267 e. The van der Waals surface area contributed by atoms with Crippen molar-refractivity contribution in [3.8, 4) is 21.8 Å². The van der Waals surface area contributed by atoms with Crippen molar-refractivity contribution < 1.29 is 4.92 Å². The van der Waals surface area contributed by atoms with Crippen molar-refractivity contribution >= 4 is 22.0 Å². The molecule has 0 radical (unpaired) electrons. The first-order valence-corrected chi connectivity index (χ1v) is 8.15. The first kappa shape index (κ1) is 15.2. The fourth-order valence-corrected chi connectivity index (χ4v) is 3.38. The highest BCUT2D eigenvalue weighted by molar-refractivity contribution is 7.19. The van der Waals surface area contributed by atoms with Crippen LogP contribution >= 0.6 is 11.3 Å². The molecule has 0 amide bonds. The lowest BCUT2D eigenvalue weighted by Gasteiger charge is -2.02. The monoisotopic (exact) mass is 350 g/mol. The van der Waals surface area contributed by atoms with Gasteiger partial charge in [0, 0.05) is 29.3 Å². The van der Waals surface area contributed by atoms with Gasteiger partial charge in [-0.1, -0.05) is 41.7 Å². The number of non-ortho nitro benzene ring substituents is 1. The molecule has 0 saturated heterocycles. The van der Waals surface area contributed by atoms with Crippen molar-refractivity contribution in [2.24, 2.45) is 0 Å². The van der Waals surface area contributed by atoms with Crippen LogP contribution in [0.25, 0.3) is 26.8 Å². The summed E-state index contributed by atoms with van der Waals surface area (Å²) in [6.07, 6.45) is 0. The lowest BCUT2D eigenvalue weighted by Crippen LogP contribution is -2.09. The summed E-state index contributed by atoms with van der Waals surface area (Å²) in [7, 11) is 0. The van der Waals surface area contributed by atoms with Crippen molar-refractivity contribution in [2.45, 2.75) is 0 Å². The molecule has 0 atom stereocenters. The molecule has 4 rings (SSSR count). The number of fused-ring (bicyclic) bond motifs is 1. The lowest BCUT2D eigenvalue weighted by molar-refractivity contribution is -0.384. The number of nitro groups is 1. The minimum absolute atomic E-state index is 0.0162. The third-order valence-corrected chi connectivity index (χ3v) is 4.61. The van der Waals surface area contributed by atoms with Crippen LogP contribution in [0.5, 0.6) is 0 Å². The summed E-state index contributed by atoms with van der Waals surface area (Å²) >= 11 is 1.26. The molecule has 122 valence electrons. The van der Waals surface area contributed by atoms with E-state index in [9.17, 15) is 14.9 Å². The Hall–Kier alpha value is -3.39. The van der Waals surface area contributed by atoms with Gasteiger partial charge in [0.15, 0.2) is 0 Å². The second kappa shape index (κ2) is 5.91. The van der Waals surface area contributed by atoms with Crippen LogP contribution in [0.2, 0.25) is 0 Å². The largest absolute Gasteiger partial charge is 0.274 e. The highest BCUT2D eigenvalue weighted by atomic mass is 32.1. The first-order chi connectivity index (χ1) is 12.1. The van der Waals surface area contributed by atoms with E-state index in [4.69, 9.17) is 0 Å². The molecular weight excluding hydrogens is 340 g/mol. The van der Waals surface area contributed by atoms with E-state index < -0.39 is 4.92 Å². The first-order valence-electron chi connectivity index (χ1n) is 7.33. The topological polar surface area (TPSA) is 90.4 Å². The van der Waals surface area contributed by atoms with Gasteiger partial charge < -0.3 is 0 Å². The lowest BCUT2D eigenvalue weighted by atomic mass is 10.1. The molecule has 2 aromatic carbocycles. The van der Waals surface area contributed by atoms with Gasteiger partial charge in [0.2, 0.25) is 4.96 Å². The molecule has 0 saturated carbocycles. The summed E-state index contributed by atoms with van der Waals surface area (Å²) in [5, 5.41) is 15.9. The number of aromatic nitrogens is 3. The summed E-state index contributed by atoms with van der Waals surface area (Å²) in [6, 6.07) is 17.0. The van der Waals surface area contributed by atoms with Crippen LogP contribution in [0.3, 0.4) is 0 Å². The Balaban J connectivity index is 1.88. The van der Waals surface area contributed by atoms with E-state index in [2.05, 4.69) is 10.1 Å². The Kier molecular flexibility index (Phi) is 3.58. The molecule has 0 bridgehead atoms. The number of hydrogen-bond acceptors (Lipinski definition) is 6. The second-order valence-corrected chi connectivity index (χ2v) is 6.21. The Morgan fingerprint density at radius 3 is 2.40 bits per heavy atom. The average Bonchev–Trinajstić information content (AvgIpc) is 3.05. The fraction of sp³-hybridized carbons (Fsp3) is 0. The average molecular weight is 350 g/mol. The van der Waals surface area contributed by atoms with Gasteiger partial charge in [-0.3, -0.25) is 14.9 Å². The van der Waals surface area contributed by atoms with Crippen molar-refractivity contribution in [2.75, 3.05) is 0 Å². The molecule has 8 heteroatoms. The zero-order chi connectivity index (χ0) is 17.4. The third kappa shape index (κ3) is 2.79. The zero-order valence-corrected chi connectivity index (χ0v) is 13.5. The van der Waals surface area contributed by atoms with Gasteiger partial charge in [0.25, 0.3) is 11.2 Å². The summed E-state index contributed by atoms with van der Waals surface area (Å²) in [5.74, 6) is 0. The maximum atomic E-state index is 11.9. The fourth-order valence-electron chi connectivity index (χ4n) is 2.47. The molecule has 0 fully saturated rings. The van der Waals surface area contributed by atoms with Crippen LogP contribution in [0.1, 0.15) is 0 Å². The van der Waals surface area contributed by atoms with Crippen LogP contribution in [0.15, 0.2) is 65.5 Å². The van der Waals surface area contributed by atoms with Crippen molar-refractivity contribution in [1.29, 1.82) is 0 Å². The van der Waals surface area contributed by atoms with E-state index >= 15 is 0 Å². The quantitative estimate of drug-likeness (QED) is 0.417. The van der Waals surface area contributed by atoms with E-state index in [0.29, 0.717) is 15.7 Å². The number of hydrogen-bond donors (Lipinski definition) is 0. The molecule has 25 heavy (non-hydrogen) atoms. The van der Waals surface area contributed by atoms with Crippen LogP contribution in [-0.2, 0) is 0 Å². The van der Waals surface area contributed by atoms with E-state index in [1.807, 2.05) is 30.3 Å². The highest BCUT2D eigenvalue weighted by Gasteiger charge is 2.13. The van der Waals surface area contributed by atoms with Crippen LogP contribution in [-0.4, -0.2) is 19.5 Å². The summed E-state index contributed by atoms with van der Waals surface area (Å²) < 4.78 is 1.62. The second-order valence-electron chi connectivity index (χ2n) is 5.25. The molecule has 0 N–H and O–H groups in total. The number of nitrogens with zero attached hydrogens (tertiary/aromatic N) is 4. The SMILES string of the molecule is O=c1cc(-c2ccccc2)n2nc(-c3ccc([N+](=O)[O-])cc3)sc2n1. The molecule has 2 heterocycles. The summed E-state index contributed by atoms with van der Waals surface area (Å²) in [4.78, 5) is 26.7. The molecule has 0 spiro atoms. The van der Waals surface area contributed by atoms with Gasteiger partial charge in [0.1, 0.15) is 5.01 Å². The third-order valence-electron chi connectivity index (χ3n) is 3.65. The minimum Gasteiger partial charge on any atom is -0.267 e. The van der Waals surface area contributed by atoms with Gasteiger partial charge >= 0.3 is 0 Å². The Labute approximate surface area is 145 Å². The van der Waals surface area contributed by atoms with Crippen molar-refractivity contribution in [1.82, 2.24) is 14.6 Å². The van der Waals surface area contributed by atoms with E-state index in [-0.39, 0.29) is 11.2 Å². The highest BCUT2D eigenvalue weighted by Crippen LogP contribution is 2.28. The molecule has 0 aliphatic heterocycles. The van der Waals surface area contributed by atoms with Crippen LogP contribution < -0.4 is 5.56 Å². The Bertz CT molecular complexity index is 1130. The normalized spacial score (nSPS) is 10.9. The number of benzene rings is 2.